The molecule has 0 bridgehead atoms. The highest BCUT2D eigenvalue weighted by Gasteiger charge is 2.36. The van der Waals surface area contributed by atoms with E-state index in [0.717, 1.165) is 0 Å². The van der Waals surface area contributed by atoms with Crippen molar-refractivity contribution in [2.75, 3.05) is 6.61 Å². The van der Waals surface area contributed by atoms with Gasteiger partial charge in [0.05, 0.1) is 6.61 Å². The Bertz CT molecular complexity index is 226. The minimum Gasteiger partial charge on any atom is -0.465 e. The lowest BCUT2D eigenvalue weighted by atomic mass is 10.1. The summed E-state index contributed by atoms with van der Waals surface area (Å²) in [6.45, 7) is 5.63. The smallest absolute Gasteiger partial charge is 0.320 e. The van der Waals surface area contributed by atoms with Gasteiger partial charge in [-0.25, -0.2) is 0 Å². The number of carbonyl (C=O) groups excluding carboxylic acids is 2. The van der Waals surface area contributed by atoms with Crippen LogP contribution in [-0.2, 0) is 19.1 Å². The first kappa shape index (κ1) is 10.0. The highest BCUT2D eigenvalue weighted by Crippen LogP contribution is 2.19. The third kappa shape index (κ3) is 2.72. The van der Waals surface area contributed by atoms with Gasteiger partial charge in [-0.2, -0.15) is 0 Å². The maximum absolute atomic E-state index is 11.3. The molecule has 0 saturated carbocycles. The minimum absolute atomic E-state index is 0.322. The molecule has 0 aromatic rings. The molecule has 1 unspecified atom stereocenters. The Morgan fingerprint density at radius 2 is 2.15 bits per heavy atom. The van der Waals surface area contributed by atoms with Gasteiger partial charge in [0.15, 0.2) is 5.92 Å². The summed E-state index contributed by atoms with van der Waals surface area (Å²) in [6, 6.07) is 0. The summed E-state index contributed by atoms with van der Waals surface area (Å²) in [5.74, 6) is -1.65. The predicted octanol–water partition coefficient (Wildman–Crippen LogP) is 0.891. The van der Waals surface area contributed by atoms with Gasteiger partial charge in [-0.3, -0.25) is 9.59 Å². The van der Waals surface area contributed by atoms with E-state index in [4.69, 9.17) is 4.74 Å². The minimum atomic E-state index is -0.709. The van der Waals surface area contributed by atoms with Crippen molar-refractivity contribution in [3.05, 3.63) is 0 Å². The Kier molecular flexibility index (Phi) is 2.59. The molecule has 0 amide bonds. The fraction of sp³-hybridized carbons (Fsp3) is 0.778. The van der Waals surface area contributed by atoms with E-state index in [1.807, 2.05) is 0 Å². The van der Waals surface area contributed by atoms with Gasteiger partial charge < -0.3 is 9.47 Å². The Morgan fingerprint density at radius 3 is 2.54 bits per heavy atom. The van der Waals surface area contributed by atoms with Gasteiger partial charge in [0, 0.05) is 6.42 Å². The molecule has 0 aromatic heterocycles. The second kappa shape index (κ2) is 3.36. The normalized spacial score (nSPS) is 22.7. The molecular weight excluding hydrogens is 172 g/mol. The second-order valence-electron chi connectivity index (χ2n) is 4.04. The standard InChI is InChI=1S/C9H14O4/c1-9(2,3)13-8(11)6-4-5-12-7(6)10/h6H,4-5H2,1-3H3. The summed E-state index contributed by atoms with van der Waals surface area (Å²) in [5, 5.41) is 0. The molecule has 74 valence electrons. The number of cyclic esters (lactones) is 1. The molecule has 1 heterocycles. The summed E-state index contributed by atoms with van der Waals surface area (Å²) in [4.78, 5) is 22.3. The molecule has 0 aromatic carbocycles. The van der Waals surface area contributed by atoms with E-state index in [0.29, 0.717) is 13.0 Å². The molecule has 0 aliphatic carbocycles. The van der Waals surface area contributed by atoms with E-state index >= 15 is 0 Å². The molecule has 4 nitrogen and oxygen atoms in total. The first-order chi connectivity index (χ1) is 5.90. The van der Waals surface area contributed by atoms with Crippen molar-refractivity contribution < 1.29 is 19.1 Å². The third-order valence-electron chi connectivity index (χ3n) is 1.63. The van der Waals surface area contributed by atoms with Crippen LogP contribution in [0.3, 0.4) is 0 Å². The van der Waals surface area contributed by atoms with Crippen LogP contribution in [0.5, 0.6) is 0 Å². The fourth-order valence-corrected chi connectivity index (χ4v) is 1.08. The van der Waals surface area contributed by atoms with Crippen LogP contribution in [0, 0.1) is 5.92 Å². The lowest BCUT2D eigenvalue weighted by Gasteiger charge is -2.20. The van der Waals surface area contributed by atoms with Crippen LogP contribution in [0.2, 0.25) is 0 Å². The SMILES string of the molecule is CC(C)(C)OC(=O)C1CCOC1=O. The van der Waals surface area contributed by atoms with Gasteiger partial charge in [-0.05, 0) is 20.8 Å². The van der Waals surface area contributed by atoms with Crippen LogP contribution in [0.1, 0.15) is 27.2 Å². The van der Waals surface area contributed by atoms with Gasteiger partial charge in [0.25, 0.3) is 0 Å². The van der Waals surface area contributed by atoms with Gasteiger partial charge in [-0.15, -0.1) is 0 Å². The van der Waals surface area contributed by atoms with Crippen LogP contribution >= 0.6 is 0 Å². The summed E-state index contributed by atoms with van der Waals surface area (Å²) >= 11 is 0. The second-order valence-corrected chi connectivity index (χ2v) is 4.04. The van der Waals surface area contributed by atoms with Crippen molar-refractivity contribution in [1.29, 1.82) is 0 Å². The molecule has 0 radical (unpaired) electrons. The van der Waals surface area contributed by atoms with Crippen molar-refractivity contribution in [3.8, 4) is 0 Å². The van der Waals surface area contributed by atoms with E-state index in [2.05, 4.69) is 4.74 Å². The maximum atomic E-state index is 11.3. The third-order valence-corrected chi connectivity index (χ3v) is 1.63. The summed E-state index contributed by atoms with van der Waals surface area (Å²) < 4.78 is 9.71. The first-order valence-corrected chi connectivity index (χ1v) is 4.29. The highest BCUT2D eigenvalue weighted by molar-refractivity contribution is 5.96. The van der Waals surface area contributed by atoms with Gasteiger partial charge >= 0.3 is 11.9 Å². The van der Waals surface area contributed by atoms with E-state index < -0.39 is 23.5 Å². The molecule has 13 heavy (non-hydrogen) atoms. The highest BCUT2D eigenvalue weighted by atomic mass is 16.6. The van der Waals surface area contributed by atoms with Crippen molar-refractivity contribution in [1.82, 2.24) is 0 Å². The summed E-state index contributed by atoms with van der Waals surface area (Å²) in [6.07, 6.45) is 0.438. The van der Waals surface area contributed by atoms with Crippen molar-refractivity contribution in [3.63, 3.8) is 0 Å². The molecule has 0 N–H and O–H groups in total. The molecule has 1 fully saturated rings. The van der Waals surface area contributed by atoms with Gasteiger partial charge in [0.2, 0.25) is 0 Å². The fourth-order valence-electron chi connectivity index (χ4n) is 1.08. The van der Waals surface area contributed by atoms with Crippen LogP contribution < -0.4 is 0 Å². The molecule has 1 aliphatic rings. The zero-order valence-corrected chi connectivity index (χ0v) is 8.12. The summed E-state index contributed by atoms with van der Waals surface area (Å²) in [5.41, 5.74) is -0.542. The maximum Gasteiger partial charge on any atom is 0.320 e. The number of rotatable bonds is 1. The number of hydrogen-bond acceptors (Lipinski definition) is 4. The zero-order chi connectivity index (χ0) is 10.1. The monoisotopic (exact) mass is 186 g/mol. The van der Waals surface area contributed by atoms with Gasteiger partial charge in [0.1, 0.15) is 5.60 Å². The number of esters is 2. The average Bonchev–Trinajstić information content (AvgIpc) is 2.30. The Hall–Kier alpha value is -1.06. The first-order valence-electron chi connectivity index (χ1n) is 4.29. The van der Waals surface area contributed by atoms with Crippen molar-refractivity contribution in [2.45, 2.75) is 32.8 Å². The van der Waals surface area contributed by atoms with E-state index in [9.17, 15) is 9.59 Å². The van der Waals surface area contributed by atoms with Crippen LogP contribution in [0.15, 0.2) is 0 Å². The van der Waals surface area contributed by atoms with E-state index in [-0.39, 0.29) is 0 Å². The van der Waals surface area contributed by atoms with E-state index in [1.54, 1.807) is 20.8 Å². The predicted molar refractivity (Wildman–Crippen MR) is 44.9 cm³/mol. The quantitative estimate of drug-likeness (QED) is 0.451. The summed E-state index contributed by atoms with van der Waals surface area (Å²) in [7, 11) is 0. The zero-order valence-electron chi connectivity index (χ0n) is 8.12. The van der Waals surface area contributed by atoms with Crippen LogP contribution in [0.25, 0.3) is 0 Å². The van der Waals surface area contributed by atoms with E-state index in [1.165, 1.54) is 0 Å². The lowest BCUT2D eigenvalue weighted by molar-refractivity contribution is -0.164. The van der Waals surface area contributed by atoms with Crippen molar-refractivity contribution >= 4 is 11.9 Å². The van der Waals surface area contributed by atoms with Crippen molar-refractivity contribution in [2.24, 2.45) is 5.92 Å². The number of ether oxygens (including phenoxy) is 2. The average molecular weight is 186 g/mol. The Balaban J connectivity index is 2.53. The molecule has 1 aliphatic heterocycles. The molecule has 4 heteroatoms. The Labute approximate surface area is 77.2 Å². The number of carbonyl (C=O) groups is 2. The molecular formula is C9H14O4. The topological polar surface area (TPSA) is 52.6 Å². The molecule has 0 spiro atoms. The largest absolute Gasteiger partial charge is 0.465 e. The molecule has 1 saturated heterocycles. The lowest BCUT2D eigenvalue weighted by Crippen LogP contribution is -2.30. The van der Waals surface area contributed by atoms with Crippen LogP contribution in [-0.4, -0.2) is 24.1 Å². The van der Waals surface area contributed by atoms with Gasteiger partial charge in [-0.1, -0.05) is 0 Å². The van der Waals surface area contributed by atoms with Crippen LogP contribution in [0.4, 0.5) is 0 Å². The molecule has 1 rings (SSSR count). The number of hydrogen-bond donors (Lipinski definition) is 0. The molecule has 1 atom stereocenters. The Morgan fingerprint density at radius 1 is 1.54 bits per heavy atom.